The highest BCUT2D eigenvalue weighted by Crippen LogP contribution is 2.42. The summed E-state index contributed by atoms with van der Waals surface area (Å²) in [5.41, 5.74) is -0.866. The van der Waals surface area contributed by atoms with Gasteiger partial charge in [0, 0.05) is 6.42 Å². The minimum absolute atomic E-state index is 0.0252. The molecule has 3 heteroatoms. The lowest BCUT2D eigenvalue weighted by Crippen LogP contribution is -2.44. The van der Waals surface area contributed by atoms with Crippen molar-refractivity contribution in [1.29, 1.82) is 0 Å². The molecule has 0 amide bonds. The van der Waals surface area contributed by atoms with Gasteiger partial charge in [0.1, 0.15) is 11.2 Å². The molecule has 1 atom stereocenters. The fourth-order valence-corrected chi connectivity index (χ4v) is 1.95. The lowest BCUT2D eigenvalue weighted by atomic mass is 9.65. The first-order valence-electron chi connectivity index (χ1n) is 5.52. The van der Waals surface area contributed by atoms with Crippen LogP contribution in [0.3, 0.4) is 0 Å². The normalized spacial score (nSPS) is 30.0. The minimum atomic E-state index is -0.897. The molecular formula is C12H20O3. The summed E-state index contributed by atoms with van der Waals surface area (Å²) in [6.45, 7) is 7.94. The molecule has 1 rings (SSSR count). The van der Waals surface area contributed by atoms with Gasteiger partial charge in [0.05, 0.1) is 6.61 Å². The number of ether oxygens (including phenoxy) is 1. The monoisotopic (exact) mass is 212 g/mol. The van der Waals surface area contributed by atoms with Crippen LogP contribution in [-0.2, 0) is 14.3 Å². The van der Waals surface area contributed by atoms with E-state index in [1.165, 1.54) is 0 Å². The molecule has 3 nitrogen and oxygen atoms in total. The first kappa shape index (κ1) is 12.2. The van der Waals surface area contributed by atoms with Crippen LogP contribution in [0, 0.1) is 10.8 Å². The molecule has 1 aliphatic rings. The fourth-order valence-electron chi connectivity index (χ4n) is 1.95. The molecule has 0 aliphatic heterocycles. The number of Topliss-reactive ketones (excluding diaryl/α,β-unsaturated/α-hetero) is 1. The van der Waals surface area contributed by atoms with Crippen LogP contribution in [0.1, 0.15) is 47.0 Å². The molecule has 0 spiro atoms. The highest BCUT2D eigenvalue weighted by molar-refractivity contribution is 6.04. The van der Waals surface area contributed by atoms with Crippen molar-refractivity contribution in [3.8, 4) is 0 Å². The Hall–Kier alpha value is -0.860. The van der Waals surface area contributed by atoms with Crippen LogP contribution in [0.15, 0.2) is 0 Å². The zero-order valence-corrected chi connectivity index (χ0v) is 10.1. The van der Waals surface area contributed by atoms with Gasteiger partial charge in [-0.2, -0.15) is 0 Å². The van der Waals surface area contributed by atoms with Crippen molar-refractivity contribution in [3.63, 3.8) is 0 Å². The average molecular weight is 212 g/mol. The van der Waals surface area contributed by atoms with Gasteiger partial charge < -0.3 is 4.74 Å². The van der Waals surface area contributed by atoms with Gasteiger partial charge in [-0.25, -0.2) is 0 Å². The maximum Gasteiger partial charge on any atom is 0.319 e. The van der Waals surface area contributed by atoms with E-state index in [2.05, 4.69) is 13.8 Å². The van der Waals surface area contributed by atoms with Crippen molar-refractivity contribution in [2.24, 2.45) is 10.8 Å². The molecule has 15 heavy (non-hydrogen) atoms. The van der Waals surface area contributed by atoms with Gasteiger partial charge in [-0.1, -0.05) is 13.8 Å². The lowest BCUT2D eigenvalue weighted by molar-refractivity contribution is -0.162. The van der Waals surface area contributed by atoms with Crippen LogP contribution in [0.25, 0.3) is 0 Å². The van der Waals surface area contributed by atoms with E-state index in [0.29, 0.717) is 19.4 Å². The molecule has 1 saturated carbocycles. The summed E-state index contributed by atoms with van der Waals surface area (Å²) in [5, 5.41) is 0. The largest absolute Gasteiger partial charge is 0.465 e. The predicted molar refractivity (Wildman–Crippen MR) is 57.4 cm³/mol. The van der Waals surface area contributed by atoms with Crippen LogP contribution in [-0.4, -0.2) is 18.4 Å². The van der Waals surface area contributed by atoms with Gasteiger partial charge in [0.2, 0.25) is 0 Å². The SMILES string of the molecule is CCOC(=O)C1(C)CCC(C)(C)CC1=O. The molecule has 86 valence electrons. The Morgan fingerprint density at radius 3 is 2.40 bits per heavy atom. The van der Waals surface area contributed by atoms with Crippen molar-refractivity contribution in [2.45, 2.75) is 47.0 Å². The zero-order chi connectivity index (χ0) is 11.7. The minimum Gasteiger partial charge on any atom is -0.465 e. The Balaban J connectivity index is 2.79. The maximum absolute atomic E-state index is 11.9. The third kappa shape index (κ3) is 2.39. The molecule has 0 saturated heterocycles. The highest BCUT2D eigenvalue weighted by Gasteiger charge is 2.48. The molecule has 1 fully saturated rings. The number of ketones is 1. The second-order valence-corrected chi connectivity index (χ2v) is 5.32. The summed E-state index contributed by atoms with van der Waals surface area (Å²) in [5.74, 6) is -0.331. The number of rotatable bonds is 2. The van der Waals surface area contributed by atoms with E-state index in [4.69, 9.17) is 4.74 Å². The second-order valence-electron chi connectivity index (χ2n) is 5.32. The first-order valence-corrected chi connectivity index (χ1v) is 5.52. The molecule has 0 N–H and O–H groups in total. The average Bonchev–Trinajstić information content (AvgIpc) is 2.12. The number of carbonyl (C=O) groups excluding carboxylic acids is 2. The maximum atomic E-state index is 11.9. The van der Waals surface area contributed by atoms with E-state index in [9.17, 15) is 9.59 Å². The smallest absolute Gasteiger partial charge is 0.319 e. The van der Waals surface area contributed by atoms with Crippen LogP contribution in [0.5, 0.6) is 0 Å². The third-order valence-corrected chi connectivity index (χ3v) is 3.28. The summed E-state index contributed by atoms with van der Waals surface area (Å²) in [4.78, 5) is 23.6. The van der Waals surface area contributed by atoms with E-state index in [1.54, 1.807) is 13.8 Å². The van der Waals surface area contributed by atoms with Crippen LogP contribution in [0.2, 0.25) is 0 Å². The molecule has 1 aliphatic carbocycles. The van der Waals surface area contributed by atoms with E-state index in [0.717, 1.165) is 6.42 Å². The summed E-state index contributed by atoms with van der Waals surface area (Å²) >= 11 is 0. The van der Waals surface area contributed by atoms with Gasteiger partial charge in [-0.3, -0.25) is 9.59 Å². The lowest BCUT2D eigenvalue weighted by Gasteiger charge is -2.38. The summed E-state index contributed by atoms with van der Waals surface area (Å²) in [7, 11) is 0. The third-order valence-electron chi connectivity index (χ3n) is 3.28. The standard InChI is InChI=1S/C12H20O3/c1-5-15-10(14)12(4)7-6-11(2,3)8-9(12)13/h5-8H2,1-4H3. The Morgan fingerprint density at radius 2 is 1.93 bits per heavy atom. The number of hydrogen-bond donors (Lipinski definition) is 0. The summed E-state index contributed by atoms with van der Waals surface area (Å²) in [6, 6.07) is 0. The van der Waals surface area contributed by atoms with Crippen molar-refractivity contribution in [1.82, 2.24) is 0 Å². The predicted octanol–water partition coefficient (Wildman–Crippen LogP) is 2.33. The molecule has 0 aromatic carbocycles. The molecule has 0 aromatic heterocycles. The molecule has 1 unspecified atom stereocenters. The molecule has 0 bridgehead atoms. The van der Waals surface area contributed by atoms with E-state index in [1.807, 2.05) is 0 Å². The fraction of sp³-hybridized carbons (Fsp3) is 0.833. The van der Waals surface area contributed by atoms with Gasteiger partial charge in [-0.15, -0.1) is 0 Å². The number of esters is 1. The van der Waals surface area contributed by atoms with Gasteiger partial charge in [0.15, 0.2) is 0 Å². The summed E-state index contributed by atoms with van der Waals surface area (Å²) in [6.07, 6.45) is 1.98. The van der Waals surface area contributed by atoms with Crippen LogP contribution in [0.4, 0.5) is 0 Å². The Kier molecular flexibility index (Phi) is 3.22. The van der Waals surface area contributed by atoms with E-state index in [-0.39, 0.29) is 17.2 Å². The van der Waals surface area contributed by atoms with Crippen molar-refractivity contribution >= 4 is 11.8 Å². The molecule has 0 aromatic rings. The topological polar surface area (TPSA) is 43.4 Å². The van der Waals surface area contributed by atoms with Crippen molar-refractivity contribution in [3.05, 3.63) is 0 Å². The van der Waals surface area contributed by atoms with Crippen molar-refractivity contribution < 1.29 is 14.3 Å². The van der Waals surface area contributed by atoms with Gasteiger partial charge in [-0.05, 0) is 32.1 Å². The quantitative estimate of drug-likeness (QED) is 0.521. The highest BCUT2D eigenvalue weighted by atomic mass is 16.5. The second kappa shape index (κ2) is 3.95. The first-order chi connectivity index (χ1) is 6.82. The Morgan fingerprint density at radius 1 is 1.33 bits per heavy atom. The van der Waals surface area contributed by atoms with Crippen molar-refractivity contribution in [2.75, 3.05) is 6.61 Å². The summed E-state index contributed by atoms with van der Waals surface area (Å²) < 4.78 is 4.96. The molecule has 0 heterocycles. The van der Waals surface area contributed by atoms with E-state index >= 15 is 0 Å². The Bertz CT molecular complexity index is 281. The number of hydrogen-bond acceptors (Lipinski definition) is 3. The Labute approximate surface area is 91.2 Å². The van der Waals surface area contributed by atoms with Crippen LogP contribution >= 0.6 is 0 Å². The van der Waals surface area contributed by atoms with Crippen LogP contribution < -0.4 is 0 Å². The molecular weight excluding hydrogens is 192 g/mol. The van der Waals surface area contributed by atoms with Gasteiger partial charge in [0.25, 0.3) is 0 Å². The van der Waals surface area contributed by atoms with Gasteiger partial charge >= 0.3 is 5.97 Å². The zero-order valence-electron chi connectivity index (χ0n) is 10.1. The number of carbonyl (C=O) groups is 2. The molecule has 0 radical (unpaired) electrons. The van der Waals surface area contributed by atoms with E-state index < -0.39 is 5.41 Å².